The topological polar surface area (TPSA) is 92.4 Å². The van der Waals surface area contributed by atoms with E-state index in [-0.39, 0.29) is 11.1 Å². The third kappa shape index (κ3) is 2.93. The van der Waals surface area contributed by atoms with E-state index in [1.54, 1.807) is 42.5 Å². The van der Waals surface area contributed by atoms with Crippen molar-refractivity contribution in [3.05, 3.63) is 59.4 Å². The third-order valence-corrected chi connectivity index (χ3v) is 3.48. The monoisotopic (exact) mass is 340 g/mol. The Balaban J connectivity index is 2.11. The summed E-state index contributed by atoms with van der Waals surface area (Å²) in [6, 6.07) is 11.7. The van der Waals surface area contributed by atoms with Gasteiger partial charge in [0.2, 0.25) is 0 Å². The maximum atomic E-state index is 11.7. The molecule has 0 atom stereocenters. The number of esters is 1. The van der Waals surface area contributed by atoms with Gasteiger partial charge in [-0.15, -0.1) is 5.26 Å². The number of nitriles is 1. The minimum absolute atomic E-state index is 0.285. The molecule has 0 saturated carbocycles. The van der Waals surface area contributed by atoms with E-state index in [4.69, 9.17) is 21.6 Å². The van der Waals surface area contributed by atoms with Crippen molar-refractivity contribution in [2.24, 2.45) is 0 Å². The second-order valence-electron chi connectivity index (χ2n) is 4.71. The first-order valence-electron chi connectivity index (χ1n) is 6.74. The van der Waals surface area contributed by atoms with E-state index < -0.39 is 11.7 Å². The van der Waals surface area contributed by atoms with Crippen LogP contribution in [0.25, 0.3) is 10.8 Å². The molecule has 7 heteroatoms. The Morgan fingerprint density at radius 3 is 2.67 bits per heavy atom. The minimum atomic E-state index is -1.04. The lowest BCUT2D eigenvalue weighted by Gasteiger charge is -2.11. The van der Waals surface area contributed by atoms with Gasteiger partial charge in [-0.05, 0) is 30.3 Å². The van der Waals surface area contributed by atoms with E-state index in [9.17, 15) is 9.90 Å². The zero-order valence-corrected chi connectivity index (χ0v) is 12.8. The molecule has 3 rings (SSSR count). The molecule has 118 valence electrons. The van der Waals surface area contributed by atoms with Gasteiger partial charge in [0.1, 0.15) is 11.5 Å². The average Bonchev–Trinajstić information content (AvgIpc) is 2.57. The molecule has 0 spiro atoms. The number of carbonyl (C=O) groups excluding carboxylic acids is 1. The predicted octanol–water partition coefficient (Wildman–Crippen LogP) is 4.02. The van der Waals surface area contributed by atoms with Crippen LogP contribution in [-0.4, -0.2) is 16.1 Å². The highest BCUT2D eigenvalue weighted by Gasteiger charge is 2.20. The van der Waals surface area contributed by atoms with Gasteiger partial charge in [0, 0.05) is 16.6 Å². The van der Waals surface area contributed by atoms with Crippen LogP contribution < -0.4 is 4.74 Å². The molecule has 0 aliphatic carbocycles. The molecule has 0 bridgehead atoms. The van der Waals surface area contributed by atoms with E-state index in [0.29, 0.717) is 21.9 Å². The molecule has 0 fully saturated rings. The zero-order chi connectivity index (χ0) is 17.1. The quantitative estimate of drug-likeness (QED) is 0.571. The SMILES string of the molecule is N#COC(=O)c1ncc2cccc(Oc3ccc(Cl)cc3)c2c1O. The lowest BCUT2D eigenvalue weighted by atomic mass is 10.1. The Kier molecular flexibility index (Phi) is 4.18. The summed E-state index contributed by atoms with van der Waals surface area (Å²) in [6.45, 7) is 0. The van der Waals surface area contributed by atoms with Crippen LogP contribution in [0.15, 0.2) is 48.7 Å². The number of hydrogen-bond donors (Lipinski definition) is 1. The fourth-order valence-corrected chi connectivity index (χ4v) is 2.30. The lowest BCUT2D eigenvalue weighted by Crippen LogP contribution is -2.04. The highest BCUT2D eigenvalue weighted by atomic mass is 35.5. The van der Waals surface area contributed by atoms with E-state index in [1.165, 1.54) is 12.5 Å². The summed E-state index contributed by atoms with van der Waals surface area (Å²) in [5.41, 5.74) is -0.365. The van der Waals surface area contributed by atoms with Crippen molar-refractivity contribution in [2.75, 3.05) is 0 Å². The van der Waals surface area contributed by atoms with Crippen LogP contribution in [0.2, 0.25) is 5.02 Å². The molecule has 1 aromatic heterocycles. The highest BCUT2D eigenvalue weighted by molar-refractivity contribution is 6.30. The number of benzene rings is 2. The number of pyridine rings is 1. The van der Waals surface area contributed by atoms with Crippen molar-refractivity contribution in [3.8, 4) is 23.5 Å². The van der Waals surface area contributed by atoms with Crippen LogP contribution in [0.1, 0.15) is 10.5 Å². The molecular formula is C17H9ClN2O4. The summed E-state index contributed by atoms with van der Waals surface area (Å²) in [4.78, 5) is 15.5. The maximum Gasteiger partial charge on any atom is 0.376 e. The lowest BCUT2D eigenvalue weighted by molar-refractivity contribution is 0.0675. The maximum absolute atomic E-state index is 11.7. The average molecular weight is 341 g/mol. The molecule has 0 unspecified atom stereocenters. The van der Waals surface area contributed by atoms with Crippen molar-refractivity contribution >= 4 is 28.3 Å². The van der Waals surface area contributed by atoms with Crippen LogP contribution in [0.4, 0.5) is 0 Å². The van der Waals surface area contributed by atoms with Crippen molar-refractivity contribution in [2.45, 2.75) is 0 Å². The van der Waals surface area contributed by atoms with Crippen molar-refractivity contribution in [3.63, 3.8) is 0 Å². The van der Waals surface area contributed by atoms with Gasteiger partial charge in [0.15, 0.2) is 11.4 Å². The van der Waals surface area contributed by atoms with E-state index >= 15 is 0 Å². The number of aromatic hydroxyl groups is 1. The molecule has 0 aliphatic rings. The fourth-order valence-electron chi connectivity index (χ4n) is 2.18. The van der Waals surface area contributed by atoms with Gasteiger partial charge in [-0.25, -0.2) is 9.78 Å². The normalized spacial score (nSPS) is 10.2. The third-order valence-electron chi connectivity index (χ3n) is 3.23. The summed E-state index contributed by atoms with van der Waals surface area (Å²) < 4.78 is 9.98. The smallest absolute Gasteiger partial charge is 0.376 e. The Morgan fingerprint density at radius 1 is 1.21 bits per heavy atom. The predicted molar refractivity (Wildman–Crippen MR) is 86.0 cm³/mol. The molecule has 1 N–H and O–H groups in total. The standard InChI is InChI=1S/C17H9ClN2O4/c18-11-4-6-12(7-5-11)24-13-3-1-2-10-8-20-15(16(21)14(10)13)17(22)23-9-19/h1-8,21H. The minimum Gasteiger partial charge on any atom is -0.505 e. The molecule has 0 radical (unpaired) electrons. The molecule has 0 amide bonds. The first kappa shape index (κ1) is 15.6. The number of ether oxygens (including phenoxy) is 2. The van der Waals surface area contributed by atoms with E-state index in [0.717, 1.165) is 0 Å². The largest absolute Gasteiger partial charge is 0.505 e. The molecular weight excluding hydrogens is 332 g/mol. The summed E-state index contributed by atoms with van der Waals surface area (Å²) in [5, 5.41) is 20.2. The van der Waals surface area contributed by atoms with Gasteiger partial charge in [-0.3, -0.25) is 0 Å². The Labute approximate surface area is 141 Å². The zero-order valence-electron chi connectivity index (χ0n) is 12.1. The van der Waals surface area contributed by atoms with Crippen LogP contribution >= 0.6 is 11.6 Å². The fraction of sp³-hybridized carbons (Fsp3) is 0. The van der Waals surface area contributed by atoms with Crippen molar-refractivity contribution in [1.29, 1.82) is 5.26 Å². The molecule has 24 heavy (non-hydrogen) atoms. The van der Waals surface area contributed by atoms with Crippen molar-refractivity contribution < 1.29 is 19.4 Å². The van der Waals surface area contributed by atoms with Crippen LogP contribution in [0, 0.1) is 11.5 Å². The van der Waals surface area contributed by atoms with Gasteiger partial charge in [0.25, 0.3) is 6.26 Å². The molecule has 0 saturated heterocycles. The number of aromatic nitrogens is 1. The Morgan fingerprint density at radius 2 is 1.96 bits per heavy atom. The van der Waals surface area contributed by atoms with E-state index in [1.807, 2.05) is 0 Å². The van der Waals surface area contributed by atoms with Gasteiger partial charge in [-0.1, -0.05) is 23.7 Å². The molecule has 3 aromatic rings. The first-order valence-corrected chi connectivity index (χ1v) is 7.12. The van der Waals surface area contributed by atoms with Crippen LogP contribution in [0.3, 0.4) is 0 Å². The second kappa shape index (κ2) is 6.44. The van der Waals surface area contributed by atoms with Crippen LogP contribution in [-0.2, 0) is 4.74 Å². The highest BCUT2D eigenvalue weighted by Crippen LogP contribution is 2.37. The van der Waals surface area contributed by atoms with Crippen molar-refractivity contribution in [1.82, 2.24) is 4.98 Å². The Hall–Kier alpha value is -3.30. The number of hydrogen-bond acceptors (Lipinski definition) is 6. The summed E-state index contributed by atoms with van der Waals surface area (Å²) >= 11 is 5.84. The molecule has 6 nitrogen and oxygen atoms in total. The number of nitrogens with zero attached hydrogens (tertiary/aromatic N) is 2. The van der Waals surface area contributed by atoms with E-state index in [2.05, 4.69) is 9.72 Å². The molecule has 1 heterocycles. The number of halogens is 1. The second-order valence-corrected chi connectivity index (χ2v) is 5.15. The molecule has 2 aromatic carbocycles. The number of fused-ring (bicyclic) bond motifs is 1. The van der Waals surface area contributed by atoms with Gasteiger partial charge >= 0.3 is 5.97 Å². The Bertz CT molecular complexity index is 965. The number of carbonyl (C=O) groups is 1. The summed E-state index contributed by atoms with van der Waals surface area (Å²) in [6.07, 6.45) is 2.64. The van der Waals surface area contributed by atoms with Gasteiger partial charge < -0.3 is 14.6 Å². The number of rotatable bonds is 3. The first-order chi connectivity index (χ1) is 11.6. The van der Waals surface area contributed by atoms with Gasteiger partial charge in [-0.2, -0.15) is 0 Å². The molecule has 0 aliphatic heterocycles. The van der Waals surface area contributed by atoms with Gasteiger partial charge in [0.05, 0.1) is 5.39 Å². The summed E-state index contributed by atoms with van der Waals surface area (Å²) in [5.74, 6) is -0.638. The van der Waals surface area contributed by atoms with Crippen LogP contribution in [0.5, 0.6) is 17.2 Å². The summed E-state index contributed by atoms with van der Waals surface area (Å²) in [7, 11) is 0.